The first kappa shape index (κ1) is 12.0. The summed E-state index contributed by atoms with van der Waals surface area (Å²) in [7, 11) is 2.00. The van der Waals surface area contributed by atoms with Gasteiger partial charge in [-0.15, -0.1) is 0 Å². The van der Waals surface area contributed by atoms with Crippen molar-refractivity contribution in [1.82, 2.24) is 5.32 Å². The van der Waals surface area contributed by atoms with Crippen molar-refractivity contribution in [1.29, 1.82) is 0 Å². The molecule has 1 saturated carbocycles. The van der Waals surface area contributed by atoms with Crippen molar-refractivity contribution in [2.45, 2.75) is 57.5 Å². The Kier molecular flexibility index (Phi) is 4.86. The fourth-order valence-electron chi connectivity index (χ4n) is 2.30. The maximum absolute atomic E-state index is 13.5. The molecule has 1 aliphatic carbocycles. The van der Waals surface area contributed by atoms with Crippen LogP contribution in [0.1, 0.15) is 51.9 Å². The summed E-state index contributed by atoms with van der Waals surface area (Å²) in [4.78, 5) is 0. The standard InChI is InChI=1S/C12H24FN/c1-12(13)8-6-11(7-9-12)5-3-4-10-14-2/h11,14H,3-10H2,1-2H3. The Morgan fingerprint density at radius 1 is 1.29 bits per heavy atom. The predicted octanol–water partition coefficient (Wildman–Crippen LogP) is 3.29. The molecular formula is C12H24FN. The van der Waals surface area contributed by atoms with Gasteiger partial charge in [-0.1, -0.05) is 12.8 Å². The van der Waals surface area contributed by atoms with E-state index in [2.05, 4.69) is 5.32 Å². The molecule has 1 fully saturated rings. The summed E-state index contributed by atoms with van der Waals surface area (Å²) in [5.74, 6) is 0.802. The molecule has 1 aliphatic rings. The first-order chi connectivity index (χ1) is 6.64. The molecular weight excluding hydrogens is 177 g/mol. The lowest BCUT2D eigenvalue weighted by molar-refractivity contribution is 0.0999. The number of rotatable bonds is 5. The fraction of sp³-hybridized carbons (Fsp3) is 1.00. The van der Waals surface area contributed by atoms with Crippen molar-refractivity contribution in [2.24, 2.45) is 5.92 Å². The van der Waals surface area contributed by atoms with E-state index in [0.29, 0.717) is 0 Å². The van der Waals surface area contributed by atoms with Crippen molar-refractivity contribution in [3.63, 3.8) is 0 Å². The first-order valence-corrected chi connectivity index (χ1v) is 5.97. The second-order valence-corrected chi connectivity index (χ2v) is 4.96. The highest BCUT2D eigenvalue weighted by molar-refractivity contribution is 4.81. The van der Waals surface area contributed by atoms with Crippen LogP contribution in [0.3, 0.4) is 0 Å². The van der Waals surface area contributed by atoms with Gasteiger partial charge in [-0.2, -0.15) is 0 Å². The second-order valence-electron chi connectivity index (χ2n) is 4.96. The van der Waals surface area contributed by atoms with Crippen molar-refractivity contribution in [3.05, 3.63) is 0 Å². The quantitative estimate of drug-likeness (QED) is 0.673. The summed E-state index contributed by atoms with van der Waals surface area (Å²) >= 11 is 0. The van der Waals surface area contributed by atoms with E-state index in [1.54, 1.807) is 6.92 Å². The molecule has 84 valence electrons. The van der Waals surface area contributed by atoms with Gasteiger partial charge in [0.2, 0.25) is 0 Å². The monoisotopic (exact) mass is 201 g/mol. The number of hydrogen-bond acceptors (Lipinski definition) is 1. The third kappa shape index (κ3) is 4.41. The van der Waals surface area contributed by atoms with Gasteiger partial charge in [0.1, 0.15) is 5.67 Å². The third-order valence-electron chi connectivity index (χ3n) is 3.44. The van der Waals surface area contributed by atoms with Gasteiger partial charge >= 0.3 is 0 Å². The van der Waals surface area contributed by atoms with Crippen LogP contribution in [0.15, 0.2) is 0 Å². The molecule has 1 nitrogen and oxygen atoms in total. The second kappa shape index (κ2) is 5.69. The Morgan fingerprint density at radius 2 is 1.93 bits per heavy atom. The largest absolute Gasteiger partial charge is 0.320 e. The van der Waals surface area contributed by atoms with E-state index < -0.39 is 5.67 Å². The topological polar surface area (TPSA) is 12.0 Å². The normalized spacial score (nSPS) is 33.2. The van der Waals surface area contributed by atoms with E-state index in [0.717, 1.165) is 38.1 Å². The number of hydrogen-bond donors (Lipinski definition) is 1. The Morgan fingerprint density at radius 3 is 2.50 bits per heavy atom. The minimum absolute atomic E-state index is 0.781. The summed E-state index contributed by atoms with van der Waals surface area (Å²) in [6.07, 6.45) is 7.64. The van der Waals surface area contributed by atoms with Crippen LogP contribution < -0.4 is 5.32 Å². The van der Waals surface area contributed by atoms with Crippen molar-refractivity contribution < 1.29 is 4.39 Å². The molecule has 0 bridgehead atoms. The van der Waals surface area contributed by atoms with Crippen molar-refractivity contribution >= 4 is 0 Å². The molecule has 0 aliphatic heterocycles. The highest BCUT2D eigenvalue weighted by atomic mass is 19.1. The Labute approximate surface area is 87.5 Å². The maximum Gasteiger partial charge on any atom is 0.108 e. The molecule has 0 aromatic heterocycles. The Bertz CT molecular complexity index is 146. The van der Waals surface area contributed by atoms with Gasteiger partial charge in [-0.25, -0.2) is 4.39 Å². The number of unbranched alkanes of at least 4 members (excludes halogenated alkanes) is 1. The lowest BCUT2D eigenvalue weighted by atomic mass is 9.79. The zero-order valence-corrected chi connectivity index (χ0v) is 9.61. The minimum Gasteiger partial charge on any atom is -0.320 e. The van der Waals surface area contributed by atoms with Gasteiger partial charge in [0.15, 0.2) is 0 Å². The van der Waals surface area contributed by atoms with Crippen LogP contribution in [0.5, 0.6) is 0 Å². The van der Waals surface area contributed by atoms with Crippen LogP contribution in [-0.4, -0.2) is 19.3 Å². The maximum atomic E-state index is 13.5. The Balaban J connectivity index is 2.04. The third-order valence-corrected chi connectivity index (χ3v) is 3.44. The molecule has 0 radical (unpaired) electrons. The Hall–Kier alpha value is -0.110. The van der Waals surface area contributed by atoms with Gasteiger partial charge in [0.25, 0.3) is 0 Å². The minimum atomic E-state index is -0.860. The van der Waals surface area contributed by atoms with Crippen LogP contribution in [0.25, 0.3) is 0 Å². The van der Waals surface area contributed by atoms with Crippen molar-refractivity contribution in [2.75, 3.05) is 13.6 Å². The molecule has 0 heterocycles. The van der Waals surface area contributed by atoms with E-state index >= 15 is 0 Å². The van der Waals surface area contributed by atoms with Crippen LogP contribution in [0.2, 0.25) is 0 Å². The number of nitrogens with one attached hydrogen (secondary N) is 1. The molecule has 1 rings (SSSR count). The van der Waals surface area contributed by atoms with E-state index in [9.17, 15) is 4.39 Å². The first-order valence-electron chi connectivity index (χ1n) is 5.97. The van der Waals surface area contributed by atoms with Gasteiger partial charge in [-0.05, 0) is 58.5 Å². The van der Waals surface area contributed by atoms with Crippen LogP contribution in [0, 0.1) is 5.92 Å². The molecule has 0 aromatic carbocycles. The SMILES string of the molecule is CNCCCCC1CCC(C)(F)CC1. The van der Waals surface area contributed by atoms with Crippen molar-refractivity contribution in [3.8, 4) is 0 Å². The predicted molar refractivity (Wildman–Crippen MR) is 59.2 cm³/mol. The zero-order chi connectivity index (χ0) is 10.4. The average molecular weight is 201 g/mol. The fourth-order valence-corrected chi connectivity index (χ4v) is 2.30. The van der Waals surface area contributed by atoms with E-state index in [1.165, 1.54) is 19.3 Å². The number of halogens is 1. The van der Waals surface area contributed by atoms with E-state index in [-0.39, 0.29) is 0 Å². The lowest BCUT2D eigenvalue weighted by Crippen LogP contribution is -2.25. The zero-order valence-electron chi connectivity index (χ0n) is 9.61. The van der Waals surface area contributed by atoms with Gasteiger partial charge in [-0.3, -0.25) is 0 Å². The summed E-state index contributed by atoms with van der Waals surface area (Å²) in [5.41, 5.74) is -0.860. The molecule has 0 atom stereocenters. The summed E-state index contributed by atoms with van der Waals surface area (Å²) in [6, 6.07) is 0. The summed E-state index contributed by atoms with van der Waals surface area (Å²) < 4.78 is 13.5. The van der Waals surface area contributed by atoms with Crippen LogP contribution >= 0.6 is 0 Å². The molecule has 2 heteroatoms. The van der Waals surface area contributed by atoms with E-state index in [4.69, 9.17) is 0 Å². The molecule has 0 saturated heterocycles. The molecule has 0 aromatic rings. The smallest absolute Gasteiger partial charge is 0.108 e. The molecule has 0 amide bonds. The van der Waals surface area contributed by atoms with E-state index in [1.807, 2.05) is 7.05 Å². The van der Waals surface area contributed by atoms with Crippen LogP contribution in [0.4, 0.5) is 4.39 Å². The highest BCUT2D eigenvalue weighted by Crippen LogP contribution is 2.36. The van der Waals surface area contributed by atoms with Gasteiger partial charge in [0.05, 0.1) is 0 Å². The molecule has 0 unspecified atom stereocenters. The summed E-state index contributed by atoms with van der Waals surface area (Å²) in [6.45, 7) is 2.87. The molecule has 0 spiro atoms. The molecule has 14 heavy (non-hydrogen) atoms. The summed E-state index contributed by atoms with van der Waals surface area (Å²) in [5, 5.41) is 3.16. The van der Waals surface area contributed by atoms with Crippen LogP contribution in [-0.2, 0) is 0 Å². The lowest BCUT2D eigenvalue weighted by Gasteiger charge is -2.31. The highest BCUT2D eigenvalue weighted by Gasteiger charge is 2.29. The van der Waals surface area contributed by atoms with Gasteiger partial charge < -0.3 is 5.32 Å². The molecule has 1 N–H and O–H groups in total. The average Bonchev–Trinajstić information content (AvgIpc) is 2.15. The number of alkyl halides is 1. The van der Waals surface area contributed by atoms with Gasteiger partial charge in [0, 0.05) is 0 Å².